The van der Waals surface area contributed by atoms with E-state index in [4.69, 9.17) is 0 Å². The maximum absolute atomic E-state index is 11.4. The molecule has 1 rings (SSSR count). The summed E-state index contributed by atoms with van der Waals surface area (Å²) in [7, 11) is 0. The van der Waals surface area contributed by atoms with Crippen molar-refractivity contribution in [3.8, 4) is 0 Å². The van der Waals surface area contributed by atoms with E-state index in [-0.39, 0.29) is 5.91 Å². The molecule has 0 saturated heterocycles. The standard InChI is InChI=1S/C12H20N4O/c1-9(2)7-14-12(17)4-5-13-11-6-10(3)8-15-16-11/h6,8-9H,4-5,7H2,1-3H3,(H,13,16)(H,14,17). The molecule has 0 saturated carbocycles. The van der Waals surface area contributed by atoms with Gasteiger partial charge in [0.05, 0.1) is 6.20 Å². The van der Waals surface area contributed by atoms with Crippen molar-refractivity contribution in [3.63, 3.8) is 0 Å². The van der Waals surface area contributed by atoms with Gasteiger partial charge >= 0.3 is 0 Å². The number of carbonyl (C=O) groups excluding carboxylic acids is 1. The summed E-state index contributed by atoms with van der Waals surface area (Å²) in [6, 6.07) is 1.90. The highest BCUT2D eigenvalue weighted by molar-refractivity contribution is 5.76. The molecular weight excluding hydrogens is 216 g/mol. The topological polar surface area (TPSA) is 66.9 Å². The molecule has 0 aliphatic heterocycles. The van der Waals surface area contributed by atoms with Gasteiger partial charge in [-0.3, -0.25) is 4.79 Å². The Labute approximate surface area is 102 Å². The average molecular weight is 236 g/mol. The monoisotopic (exact) mass is 236 g/mol. The van der Waals surface area contributed by atoms with Crippen LogP contribution >= 0.6 is 0 Å². The Bertz CT molecular complexity index is 365. The van der Waals surface area contributed by atoms with Gasteiger partial charge in [-0.25, -0.2) is 0 Å². The lowest BCUT2D eigenvalue weighted by molar-refractivity contribution is -0.120. The van der Waals surface area contributed by atoms with Gasteiger partial charge in [0.2, 0.25) is 5.91 Å². The molecule has 0 fully saturated rings. The number of aromatic nitrogens is 2. The lowest BCUT2D eigenvalue weighted by Gasteiger charge is -2.08. The van der Waals surface area contributed by atoms with Gasteiger partial charge in [-0.2, -0.15) is 5.10 Å². The number of rotatable bonds is 6. The molecule has 2 N–H and O–H groups in total. The van der Waals surface area contributed by atoms with E-state index in [1.54, 1.807) is 6.20 Å². The van der Waals surface area contributed by atoms with E-state index in [1.807, 2.05) is 13.0 Å². The molecular formula is C12H20N4O. The number of hydrogen-bond donors (Lipinski definition) is 2. The summed E-state index contributed by atoms with van der Waals surface area (Å²) in [5.74, 6) is 1.25. The molecule has 5 nitrogen and oxygen atoms in total. The zero-order valence-electron chi connectivity index (χ0n) is 10.7. The summed E-state index contributed by atoms with van der Waals surface area (Å²) in [5.41, 5.74) is 1.05. The number of nitrogens with zero attached hydrogens (tertiary/aromatic N) is 2. The van der Waals surface area contributed by atoms with Crippen LogP contribution in [-0.4, -0.2) is 29.2 Å². The van der Waals surface area contributed by atoms with Crippen molar-refractivity contribution in [2.45, 2.75) is 27.2 Å². The van der Waals surface area contributed by atoms with E-state index in [9.17, 15) is 4.79 Å². The first-order chi connectivity index (χ1) is 8.08. The number of carbonyl (C=O) groups is 1. The van der Waals surface area contributed by atoms with Crippen LogP contribution in [0.2, 0.25) is 0 Å². The summed E-state index contributed by atoms with van der Waals surface area (Å²) >= 11 is 0. The molecule has 0 bridgehead atoms. The molecule has 1 aromatic heterocycles. The highest BCUT2D eigenvalue weighted by atomic mass is 16.1. The Morgan fingerprint density at radius 3 is 2.88 bits per heavy atom. The van der Waals surface area contributed by atoms with Gasteiger partial charge in [-0.05, 0) is 24.5 Å². The van der Waals surface area contributed by atoms with E-state index in [0.29, 0.717) is 24.7 Å². The third kappa shape index (κ3) is 5.85. The minimum Gasteiger partial charge on any atom is -0.368 e. The Morgan fingerprint density at radius 1 is 1.47 bits per heavy atom. The second kappa shape index (κ2) is 6.83. The fourth-order valence-corrected chi connectivity index (χ4v) is 1.26. The van der Waals surface area contributed by atoms with E-state index < -0.39 is 0 Å². The van der Waals surface area contributed by atoms with Crippen molar-refractivity contribution in [3.05, 3.63) is 17.8 Å². The highest BCUT2D eigenvalue weighted by Gasteiger charge is 2.02. The Hall–Kier alpha value is -1.65. The fourth-order valence-electron chi connectivity index (χ4n) is 1.26. The summed E-state index contributed by atoms with van der Waals surface area (Å²) < 4.78 is 0. The first-order valence-corrected chi connectivity index (χ1v) is 5.88. The average Bonchev–Trinajstić information content (AvgIpc) is 2.26. The summed E-state index contributed by atoms with van der Waals surface area (Å²) in [6.07, 6.45) is 2.14. The fraction of sp³-hybridized carbons (Fsp3) is 0.583. The molecule has 5 heteroatoms. The Kier molecular flexibility index (Phi) is 5.39. The van der Waals surface area contributed by atoms with Gasteiger partial charge < -0.3 is 10.6 Å². The minimum absolute atomic E-state index is 0.0619. The van der Waals surface area contributed by atoms with Crippen molar-refractivity contribution in [2.24, 2.45) is 5.92 Å². The van der Waals surface area contributed by atoms with Crippen LogP contribution in [0.25, 0.3) is 0 Å². The predicted molar refractivity (Wildman–Crippen MR) is 67.7 cm³/mol. The zero-order valence-corrected chi connectivity index (χ0v) is 10.7. The van der Waals surface area contributed by atoms with Crippen LogP contribution in [-0.2, 0) is 4.79 Å². The summed E-state index contributed by atoms with van der Waals surface area (Å²) in [4.78, 5) is 11.4. The van der Waals surface area contributed by atoms with Crippen LogP contribution in [0.4, 0.5) is 5.82 Å². The van der Waals surface area contributed by atoms with Crippen LogP contribution < -0.4 is 10.6 Å². The molecule has 0 radical (unpaired) electrons. The predicted octanol–water partition coefficient (Wildman–Crippen LogP) is 1.36. The van der Waals surface area contributed by atoms with Gasteiger partial charge in [-0.1, -0.05) is 13.8 Å². The highest BCUT2D eigenvalue weighted by Crippen LogP contribution is 2.02. The van der Waals surface area contributed by atoms with Crippen LogP contribution in [0.3, 0.4) is 0 Å². The van der Waals surface area contributed by atoms with Crippen LogP contribution in [0.15, 0.2) is 12.3 Å². The molecule has 0 unspecified atom stereocenters. The zero-order chi connectivity index (χ0) is 12.7. The first kappa shape index (κ1) is 13.4. The van der Waals surface area contributed by atoms with Gasteiger partial charge in [0.25, 0.3) is 0 Å². The summed E-state index contributed by atoms with van der Waals surface area (Å²) in [5, 5.41) is 13.7. The van der Waals surface area contributed by atoms with Gasteiger partial charge in [0.15, 0.2) is 0 Å². The molecule has 0 spiro atoms. The largest absolute Gasteiger partial charge is 0.368 e. The molecule has 0 aromatic carbocycles. The first-order valence-electron chi connectivity index (χ1n) is 5.88. The molecule has 1 amide bonds. The number of nitrogens with one attached hydrogen (secondary N) is 2. The smallest absolute Gasteiger partial charge is 0.221 e. The Balaban J connectivity index is 2.21. The maximum Gasteiger partial charge on any atom is 0.221 e. The van der Waals surface area contributed by atoms with Gasteiger partial charge in [0, 0.05) is 19.5 Å². The second-order valence-corrected chi connectivity index (χ2v) is 4.49. The number of hydrogen-bond acceptors (Lipinski definition) is 4. The normalized spacial score (nSPS) is 10.4. The molecule has 1 heterocycles. The summed E-state index contributed by atoms with van der Waals surface area (Å²) in [6.45, 7) is 7.39. The SMILES string of the molecule is Cc1cnnc(NCCC(=O)NCC(C)C)c1. The molecule has 0 aliphatic rings. The maximum atomic E-state index is 11.4. The van der Waals surface area contributed by atoms with E-state index in [2.05, 4.69) is 34.7 Å². The molecule has 0 atom stereocenters. The lowest BCUT2D eigenvalue weighted by Crippen LogP contribution is -2.28. The Morgan fingerprint density at radius 2 is 2.24 bits per heavy atom. The molecule has 0 aliphatic carbocycles. The third-order valence-electron chi connectivity index (χ3n) is 2.16. The lowest BCUT2D eigenvalue weighted by atomic mass is 10.2. The quantitative estimate of drug-likeness (QED) is 0.782. The van der Waals surface area contributed by atoms with Crippen molar-refractivity contribution >= 4 is 11.7 Å². The van der Waals surface area contributed by atoms with Crippen LogP contribution in [0.5, 0.6) is 0 Å². The van der Waals surface area contributed by atoms with Crippen LogP contribution in [0, 0.1) is 12.8 Å². The number of amides is 1. The van der Waals surface area contributed by atoms with Crippen molar-refractivity contribution in [1.82, 2.24) is 15.5 Å². The van der Waals surface area contributed by atoms with Gasteiger partial charge in [0.1, 0.15) is 5.82 Å². The van der Waals surface area contributed by atoms with Crippen LogP contribution in [0.1, 0.15) is 25.8 Å². The molecule has 94 valence electrons. The molecule has 17 heavy (non-hydrogen) atoms. The van der Waals surface area contributed by atoms with Crippen molar-refractivity contribution in [1.29, 1.82) is 0 Å². The van der Waals surface area contributed by atoms with E-state index in [1.165, 1.54) is 0 Å². The van der Waals surface area contributed by atoms with Crippen molar-refractivity contribution < 1.29 is 4.79 Å². The number of aryl methyl sites for hydroxylation is 1. The second-order valence-electron chi connectivity index (χ2n) is 4.49. The minimum atomic E-state index is 0.0619. The van der Waals surface area contributed by atoms with Crippen molar-refractivity contribution in [2.75, 3.05) is 18.4 Å². The van der Waals surface area contributed by atoms with E-state index >= 15 is 0 Å². The number of anilines is 1. The molecule has 1 aromatic rings. The van der Waals surface area contributed by atoms with Gasteiger partial charge in [-0.15, -0.1) is 5.10 Å². The third-order valence-corrected chi connectivity index (χ3v) is 2.16. The van der Waals surface area contributed by atoms with E-state index in [0.717, 1.165) is 12.1 Å².